The van der Waals surface area contributed by atoms with Crippen LogP contribution in [0.15, 0.2) is 30.5 Å². The smallest absolute Gasteiger partial charge is 0.281 e. The van der Waals surface area contributed by atoms with E-state index in [0.717, 1.165) is 10.9 Å². The Hall–Kier alpha value is -1.90. The second-order valence-corrected chi connectivity index (χ2v) is 7.87. The zero-order valence-electron chi connectivity index (χ0n) is 13.2. The summed E-state index contributed by atoms with van der Waals surface area (Å²) < 4.78 is 26.8. The average molecular weight is 336 g/mol. The Kier molecular flexibility index (Phi) is 4.13. The van der Waals surface area contributed by atoms with Crippen molar-refractivity contribution in [1.29, 1.82) is 0 Å². The Morgan fingerprint density at radius 2 is 1.78 bits per heavy atom. The molecule has 1 amide bonds. The Morgan fingerprint density at radius 1 is 1.13 bits per heavy atom. The lowest BCUT2D eigenvalue weighted by Gasteiger charge is -2.35. The van der Waals surface area contributed by atoms with E-state index in [2.05, 4.69) is 4.98 Å². The van der Waals surface area contributed by atoms with Gasteiger partial charge in [-0.2, -0.15) is 17.0 Å². The Labute approximate surface area is 135 Å². The van der Waals surface area contributed by atoms with Crippen molar-refractivity contribution in [3.63, 3.8) is 0 Å². The molecule has 0 bridgehead atoms. The molecule has 1 saturated heterocycles. The minimum absolute atomic E-state index is 0.0654. The molecule has 0 spiro atoms. The zero-order chi connectivity index (χ0) is 16.6. The van der Waals surface area contributed by atoms with Gasteiger partial charge in [0.2, 0.25) is 0 Å². The first-order chi connectivity index (χ1) is 10.9. The van der Waals surface area contributed by atoms with E-state index >= 15 is 0 Å². The standard InChI is InChI=1S/C15H20N4O3S/c1-17(2)23(21,22)19-9-7-18(8-10-19)15(20)13-11-16-14-6-4-3-5-12(13)14/h3-6,11,16H,7-10H2,1-2H3. The van der Waals surface area contributed by atoms with Crippen LogP contribution in [0.2, 0.25) is 0 Å². The molecule has 0 saturated carbocycles. The van der Waals surface area contributed by atoms with Gasteiger partial charge >= 0.3 is 0 Å². The molecule has 0 aliphatic carbocycles. The van der Waals surface area contributed by atoms with Gasteiger partial charge in [-0.3, -0.25) is 4.79 Å². The molecule has 1 aliphatic heterocycles. The largest absolute Gasteiger partial charge is 0.360 e. The molecule has 1 aliphatic rings. The molecule has 2 aromatic rings. The highest BCUT2D eigenvalue weighted by molar-refractivity contribution is 7.86. The number of rotatable bonds is 3. The van der Waals surface area contributed by atoms with E-state index in [4.69, 9.17) is 0 Å². The lowest BCUT2D eigenvalue weighted by atomic mass is 10.1. The Bertz CT molecular complexity index is 820. The summed E-state index contributed by atoms with van der Waals surface area (Å²) in [4.78, 5) is 17.5. The number of hydrogen-bond acceptors (Lipinski definition) is 3. The third-order valence-corrected chi connectivity index (χ3v) is 6.07. The van der Waals surface area contributed by atoms with E-state index in [-0.39, 0.29) is 5.91 Å². The van der Waals surface area contributed by atoms with E-state index in [1.807, 2.05) is 24.3 Å². The van der Waals surface area contributed by atoms with Crippen molar-refractivity contribution in [2.75, 3.05) is 40.3 Å². The minimum atomic E-state index is -3.42. The second-order valence-electron chi connectivity index (χ2n) is 5.73. The van der Waals surface area contributed by atoms with Gasteiger partial charge in [0.1, 0.15) is 0 Å². The summed E-state index contributed by atoms with van der Waals surface area (Å²) >= 11 is 0. The molecule has 8 heteroatoms. The fourth-order valence-corrected chi connectivity index (χ4v) is 3.86. The van der Waals surface area contributed by atoms with Crippen LogP contribution in [0, 0.1) is 0 Å². The van der Waals surface area contributed by atoms with E-state index < -0.39 is 10.2 Å². The molecule has 0 radical (unpaired) electrons. The van der Waals surface area contributed by atoms with Crippen LogP contribution in [-0.2, 0) is 10.2 Å². The maximum absolute atomic E-state index is 12.7. The Morgan fingerprint density at radius 3 is 2.43 bits per heavy atom. The number of hydrogen-bond donors (Lipinski definition) is 1. The number of H-pyrrole nitrogens is 1. The highest BCUT2D eigenvalue weighted by Gasteiger charge is 2.31. The summed E-state index contributed by atoms with van der Waals surface area (Å²) in [6.07, 6.45) is 1.72. The molecule has 2 heterocycles. The highest BCUT2D eigenvalue weighted by Crippen LogP contribution is 2.20. The first-order valence-electron chi connectivity index (χ1n) is 7.44. The highest BCUT2D eigenvalue weighted by atomic mass is 32.2. The van der Waals surface area contributed by atoms with Crippen molar-refractivity contribution in [3.8, 4) is 0 Å². The van der Waals surface area contributed by atoms with Crippen molar-refractivity contribution in [2.24, 2.45) is 0 Å². The monoisotopic (exact) mass is 336 g/mol. The first kappa shape index (κ1) is 16.0. The summed E-state index contributed by atoms with van der Waals surface area (Å²) in [5, 5.41) is 0.890. The number of aromatic nitrogens is 1. The average Bonchev–Trinajstić information content (AvgIpc) is 2.98. The van der Waals surface area contributed by atoms with Crippen LogP contribution < -0.4 is 0 Å². The molecule has 124 valence electrons. The molecule has 7 nitrogen and oxygen atoms in total. The molecule has 23 heavy (non-hydrogen) atoms. The van der Waals surface area contributed by atoms with Gasteiger partial charge in [0.05, 0.1) is 5.56 Å². The van der Waals surface area contributed by atoms with E-state index in [1.54, 1.807) is 11.1 Å². The van der Waals surface area contributed by atoms with E-state index in [0.29, 0.717) is 31.7 Å². The van der Waals surface area contributed by atoms with Crippen LogP contribution in [0.25, 0.3) is 10.9 Å². The normalized spacial score (nSPS) is 17.1. The quantitative estimate of drug-likeness (QED) is 0.898. The Balaban J connectivity index is 1.74. The summed E-state index contributed by atoms with van der Waals surface area (Å²) in [5.41, 5.74) is 1.55. The lowest BCUT2D eigenvalue weighted by Crippen LogP contribution is -2.53. The molecule has 1 fully saturated rings. The van der Waals surface area contributed by atoms with Crippen LogP contribution in [0.4, 0.5) is 0 Å². The number of nitrogens with one attached hydrogen (secondary N) is 1. The van der Waals surface area contributed by atoms with Gasteiger partial charge in [0.15, 0.2) is 0 Å². The van der Waals surface area contributed by atoms with Crippen molar-refractivity contribution in [1.82, 2.24) is 18.5 Å². The molecule has 3 rings (SSSR count). The third-order valence-electron chi connectivity index (χ3n) is 4.13. The number of para-hydroxylation sites is 1. The SMILES string of the molecule is CN(C)S(=O)(=O)N1CCN(C(=O)c2c[nH]c3ccccc23)CC1. The zero-order valence-corrected chi connectivity index (χ0v) is 14.0. The lowest BCUT2D eigenvalue weighted by molar-refractivity contribution is 0.0697. The summed E-state index contributed by atoms with van der Waals surface area (Å²) in [7, 11) is -0.390. The molecular weight excluding hydrogens is 316 g/mol. The van der Waals surface area contributed by atoms with Crippen LogP contribution >= 0.6 is 0 Å². The molecular formula is C15H20N4O3S. The van der Waals surface area contributed by atoms with Crippen LogP contribution in [-0.4, -0.2) is 73.1 Å². The first-order valence-corrected chi connectivity index (χ1v) is 8.84. The molecule has 1 aromatic carbocycles. The number of carbonyl (C=O) groups is 1. The van der Waals surface area contributed by atoms with Crippen LogP contribution in [0.1, 0.15) is 10.4 Å². The fraction of sp³-hybridized carbons (Fsp3) is 0.400. The fourth-order valence-electron chi connectivity index (χ4n) is 2.77. The summed E-state index contributed by atoms with van der Waals surface area (Å²) in [6, 6.07) is 7.64. The number of piperazine rings is 1. The number of carbonyl (C=O) groups excluding carboxylic acids is 1. The van der Waals surface area contributed by atoms with Gasteiger partial charge in [0.25, 0.3) is 16.1 Å². The number of benzene rings is 1. The molecule has 1 N–H and O–H groups in total. The van der Waals surface area contributed by atoms with Crippen LogP contribution in [0.5, 0.6) is 0 Å². The maximum atomic E-state index is 12.7. The molecule has 0 unspecified atom stereocenters. The second kappa shape index (κ2) is 5.95. The number of fused-ring (bicyclic) bond motifs is 1. The number of amides is 1. The maximum Gasteiger partial charge on any atom is 0.281 e. The van der Waals surface area contributed by atoms with Gasteiger partial charge in [-0.25, -0.2) is 0 Å². The van der Waals surface area contributed by atoms with E-state index in [1.165, 1.54) is 22.7 Å². The topological polar surface area (TPSA) is 76.7 Å². The summed E-state index contributed by atoms with van der Waals surface area (Å²) in [6.45, 7) is 1.42. The number of nitrogens with zero attached hydrogens (tertiary/aromatic N) is 3. The van der Waals surface area contributed by atoms with Gasteiger partial charge in [0, 0.05) is 57.4 Å². The summed E-state index contributed by atoms with van der Waals surface area (Å²) in [5.74, 6) is -0.0654. The predicted octanol–water partition coefficient (Wildman–Crippen LogP) is 0.732. The van der Waals surface area contributed by atoms with Crippen molar-refractivity contribution >= 4 is 27.0 Å². The van der Waals surface area contributed by atoms with Gasteiger partial charge < -0.3 is 9.88 Å². The molecule has 1 aromatic heterocycles. The third kappa shape index (κ3) is 2.85. The number of aromatic amines is 1. The van der Waals surface area contributed by atoms with Gasteiger partial charge in [-0.05, 0) is 6.07 Å². The van der Waals surface area contributed by atoms with Gasteiger partial charge in [-0.1, -0.05) is 18.2 Å². The van der Waals surface area contributed by atoms with Crippen molar-refractivity contribution in [2.45, 2.75) is 0 Å². The minimum Gasteiger partial charge on any atom is -0.360 e. The van der Waals surface area contributed by atoms with Crippen molar-refractivity contribution in [3.05, 3.63) is 36.0 Å². The van der Waals surface area contributed by atoms with E-state index in [9.17, 15) is 13.2 Å². The van der Waals surface area contributed by atoms with Crippen molar-refractivity contribution < 1.29 is 13.2 Å². The predicted molar refractivity (Wildman–Crippen MR) is 88.4 cm³/mol. The van der Waals surface area contributed by atoms with Crippen LogP contribution in [0.3, 0.4) is 0 Å². The molecule has 0 atom stereocenters. The van der Waals surface area contributed by atoms with Gasteiger partial charge in [-0.15, -0.1) is 0 Å².